The summed E-state index contributed by atoms with van der Waals surface area (Å²) in [5, 5.41) is 20.3. The highest BCUT2D eigenvalue weighted by molar-refractivity contribution is 6.35. The van der Waals surface area contributed by atoms with Crippen LogP contribution in [0, 0.1) is 10.1 Å². The maximum Gasteiger partial charge on any atom is 0.270 e. The zero-order valence-corrected chi connectivity index (χ0v) is 15.8. The average molecular weight is 398 g/mol. The average Bonchev–Trinajstić information content (AvgIpc) is 3.02. The Bertz CT molecular complexity index is 1090. The number of ether oxygens (including phenoxy) is 1. The van der Waals surface area contributed by atoms with Crippen LogP contribution >= 0.6 is 11.6 Å². The van der Waals surface area contributed by atoms with Gasteiger partial charge in [0.2, 0.25) is 0 Å². The minimum atomic E-state index is -0.427. The first-order chi connectivity index (χ1) is 13.6. The summed E-state index contributed by atoms with van der Waals surface area (Å²) in [6.45, 7) is 2.98. The van der Waals surface area contributed by atoms with Crippen LogP contribution in [0.5, 0.6) is 0 Å². The second-order valence-corrected chi connectivity index (χ2v) is 6.52. The van der Waals surface area contributed by atoms with Crippen LogP contribution in [0.2, 0.25) is 5.02 Å². The second-order valence-electron chi connectivity index (χ2n) is 6.11. The van der Waals surface area contributed by atoms with Gasteiger partial charge in [-0.3, -0.25) is 19.7 Å². The molecule has 1 aliphatic heterocycles. The molecule has 0 unspecified atom stereocenters. The molecule has 0 atom stereocenters. The molecule has 4 rings (SSSR count). The monoisotopic (exact) mass is 397 g/mol. The number of non-ortho nitro benzene ring substituents is 1. The van der Waals surface area contributed by atoms with Gasteiger partial charge in [0.25, 0.3) is 5.69 Å². The van der Waals surface area contributed by atoms with E-state index in [0.717, 1.165) is 0 Å². The van der Waals surface area contributed by atoms with Gasteiger partial charge in [-0.1, -0.05) is 29.8 Å². The fourth-order valence-electron chi connectivity index (χ4n) is 3.16. The molecule has 0 aliphatic carbocycles. The van der Waals surface area contributed by atoms with Gasteiger partial charge < -0.3 is 4.74 Å². The topological polar surface area (TPSA) is 95.4 Å². The van der Waals surface area contributed by atoms with E-state index in [-0.39, 0.29) is 18.8 Å². The summed E-state index contributed by atoms with van der Waals surface area (Å²) in [6.07, 6.45) is 0. The molecule has 0 saturated heterocycles. The Hall–Kier alpha value is -3.10. The third-order valence-electron chi connectivity index (χ3n) is 4.43. The fraction of sp³-hybridized carbons (Fsp3) is 0.211. The van der Waals surface area contributed by atoms with E-state index in [9.17, 15) is 10.1 Å². The van der Waals surface area contributed by atoms with Crippen LogP contribution in [-0.4, -0.2) is 32.0 Å². The molecule has 28 heavy (non-hydrogen) atoms. The maximum atomic E-state index is 11.4. The smallest absolute Gasteiger partial charge is 0.270 e. The van der Waals surface area contributed by atoms with E-state index in [1.54, 1.807) is 12.1 Å². The summed E-state index contributed by atoms with van der Waals surface area (Å²) >= 11 is 6.40. The van der Waals surface area contributed by atoms with Gasteiger partial charge in [-0.25, -0.2) is 0 Å². The third-order valence-corrected chi connectivity index (χ3v) is 4.76. The number of aromatic nitrogens is 3. The van der Waals surface area contributed by atoms with E-state index in [1.165, 1.54) is 12.1 Å². The highest BCUT2D eigenvalue weighted by Gasteiger charge is 2.25. The molecule has 0 spiro atoms. The third kappa shape index (κ3) is 3.17. The minimum absolute atomic E-state index is 0.0265. The standard InChI is InChI=1S/C19H16ClN5O3/c1-2-28-11-18-23-22-17-10-21-19(13-5-3-4-6-15(13)20)14-9-12(25(26)27)7-8-16(14)24(17)18/h3-9H,2,10-11H2,1H3. The maximum absolute atomic E-state index is 11.4. The molecule has 3 aromatic rings. The molecule has 1 aliphatic rings. The van der Waals surface area contributed by atoms with Gasteiger partial charge in [0.15, 0.2) is 11.6 Å². The Labute approximate surface area is 165 Å². The number of aliphatic imine (C=N–C) groups is 1. The number of nitro groups is 1. The molecule has 0 radical (unpaired) electrons. The van der Waals surface area contributed by atoms with Crippen molar-refractivity contribution in [2.75, 3.05) is 6.61 Å². The van der Waals surface area contributed by atoms with Crippen LogP contribution < -0.4 is 0 Å². The summed E-state index contributed by atoms with van der Waals surface area (Å²) in [4.78, 5) is 15.6. The molecular weight excluding hydrogens is 382 g/mol. The van der Waals surface area contributed by atoms with Gasteiger partial charge in [0.05, 0.1) is 16.3 Å². The van der Waals surface area contributed by atoms with Crippen LogP contribution in [0.1, 0.15) is 29.7 Å². The van der Waals surface area contributed by atoms with Crippen LogP contribution in [0.3, 0.4) is 0 Å². The molecule has 0 fully saturated rings. The first-order valence-corrected chi connectivity index (χ1v) is 9.07. The Morgan fingerprint density at radius 2 is 2.04 bits per heavy atom. The quantitative estimate of drug-likeness (QED) is 0.483. The Balaban J connectivity index is 1.95. The van der Waals surface area contributed by atoms with E-state index in [2.05, 4.69) is 15.2 Å². The van der Waals surface area contributed by atoms with E-state index in [1.807, 2.05) is 29.7 Å². The van der Waals surface area contributed by atoms with Gasteiger partial charge in [0, 0.05) is 34.9 Å². The fourth-order valence-corrected chi connectivity index (χ4v) is 3.39. The number of halogens is 1. The lowest BCUT2D eigenvalue weighted by Gasteiger charge is -2.14. The van der Waals surface area contributed by atoms with Crippen LogP contribution in [0.15, 0.2) is 47.5 Å². The lowest BCUT2D eigenvalue weighted by molar-refractivity contribution is -0.384. The van der Waals surface area contributed by atoms with Crippen LogP contribution in [0.25, 0.3) is 5.69 Å². The summed E-state index contributed by atoms with van der Waals surface area (Å²) in [5.74, 6) is 1.24. The SMILES string of the molecule is CCOCc1nnc2n1-c1ccc([N+](=O)[O-])cc1C(c1ccccc1Cl)=NC2. The lowest BCUT2D eigenvalue weighted by atomic mass is 9.99. The normalized spacial score (nSPS) is 12.7. The molecule has 9 heteroatoms. The Morgan fingerprint density at radius 3 is 2.79 bits per heavy atom. The number of hydrogen-bond acceptors (Lipinski definition) is 6. The molecule has 8 nitrogen and oxygen atoms in total. The lowest BCUT2D eigenvalue weighted by Crippen LogP contribution is -2.11. The second kappa shape index (κ2) is 7.49. The summed E-state index contributed by atoms with van der Waals surface area (Å²) in [6, 6.07) is 11.9. The number of nitro benzene ring substituents is 1. The van der Waals surface area contributed by atoms with Crippen molar-refractivity contribution in [1.29, 1.82) is 0 Å². The first-order valence-electron chi connectivity index (χ1n) is 8.69. The molecule has 0 amide bonds. The van der Waals surface area contributed by atoms with Crippen molar-refractivity contribution >= 4 is 23.0 Å². The van der Waals surface area contributed by atoms with Crippen molar-refractivity contribution < 1.29 is 9.66 Å². The number of rotatable bonds is 5. The van der Waals surface area contributed by atoms with Crippen LogP contribution in [-0.2, 0) is 17.9 Å². The van der Waals surface area contributed by atoms with Crippen molar-refractivity contribution in [2.45, 2.75) is 20.1 Å². The van der Waals surface area contributed by atoms with Crippen molar-refractivity contribution in [2.24, 2.45) is 4.99 Å². The van der Waals surface area contributed by atoms with E-state index < -0.39 is 4.92 Å². The van der Waals surface area contributed by atoms with Gasteiger partial charge >= 0.3 is 0 Å². The predicted molar refractivity (Wildman–Crippen MR) is 104 cm³/mol. The number of nitrogens with zero attached hydrogens (tertiary/aromatic N) is 5. The number of hydrogen-bond donors (Lipinski definition) is 0. The number of fused-ring (bicyclic) bond motifs is 3. The van der Waals surface area contributed by atoms with Crippen molar-refractivity contribution in [1.82, 2.24) is 14.8 Å². The van der Waals surface area contributed by atoms with Gasteiger partial charge in [-0.05, 0) is 19.1 Å². The molecular formula is C19H16ClN5O3. The van der Waals surface area contributed by atoms with Crippen molar-refractivity contribution in [3.8, 4) is 5.69 Å². The first kappa shape index (κ1) is 18.3. The highest BCUT2D eigenvalue weighted by atomic mass is 35.5. The largest absolute Gasteiger partial charge is 0.374 e. The molecule has 1 aromatic heterocycles. The molecule has 0 N–H and O–H groups in total. The predicted octanol–water partition coefficient (Wildman–Crippen LogP) is 3.72. The zero-order valence-electron chi connectivity index (χ0n) is 15.0. The Morgan fingerprint density at radius 1 is 1.21 bits per heavy atom. The van der Waals surface area contributed by atoms with E-state index >= 15 is 0 Å². The summed E-state index contributed by atoms with van der Waals surface area (Å²) in [5.41, 5.74) is 2.56. The summed E-state index contributed by atoms with van der Waals surface area (Å²) < 4.78 is 7.35. The molecule has 142 valence electrons. The zero-order chi connectivity index (χ0) is 19.7. The van der Waals surface area contributed by atoms with Crippen molar-refractivity contribution in [3.63, 3.8) is 0 Å². The summed E-state index contributed by atoms with van der Waals surface area (Å²) in [7, 11) is 0. The van der Waals surface area contributed by atoms with Gasteiger partial charge in [-0.2, -0.15) is 0 Å². The Kier molecular flexibility index (Phi) is 4.89. The van der Waals surface area contributed by atoms with E-state index in [4.69, 9.17) is 16.3 Å². The molecule has 0 saturated carbocycles. The number of benzene rings is 2. The van der Waals surface area contributed by atoms with Crippen molar-refractivity contribution in [3.05, 3.63) is 80.4 Å². The van der Waals surface area contributed by atoms with Gasteiger partial charge in [-0.15, -0.1) is 10.2 Å². The molecule has 0 bridgehead atoms. The van der Waals surface area contributed by atoms with Crippen LogP contribution in [0.4, 0.5) is 5.69 Å². The minimum Gasteiger partial charge on any atom is -0.374 e. The highest BCUT2D eigenvalue weighted by Crippen LogP contribution is 2.31. The molecule has 2 heterocycles. The molecule has 2 aromatic carbocycles. The van der Waals surface area contributed by atoms with Gasteiger partial charge in [0.1, 0.15) is 13.2 Å². The van der Waals surface area contributed by atoms with E-state index in [0.29, 0.717) is 45.8 Å².